The lowest BCUT2D eigenvalue weighted by atomic mass is 10.2. The minimum Gasteiger partial charge on any atom is -0.505 e. The van der Waals surface area contributed by atoms with Crippen molar-refractivity contribution in [3.8, 4) is 5.75 Å². The lowest BCUT2D eigenvalue weighted by molar-refractivity contribution is -0.128. The van der Waals surface area contributed by atoms with E-state index in [0.29, 0.717) is 23.1 Å². The van der Waals surface area contributed by atoms with E-state index in [4.69, 9.17) is 23.2 Å². The first kappa shape index (κ1) is 23.4. The zero-order valence-electron chi connectivity index (χ0n) is 16.6. The summed E-state index contributed by atoms with van der Waals surface area (Å²) in [6.07, 6.45) is 1.60. The van der Waals surface area contributed by atoms with Gasteiger partial charge in [-0.2, -0.15) is 0 Å². The van der Waals surface area contributed by atoms with Crippen LogP contribution in [0.2, 0.25) is 10.0 Å². The molecule has 1 atom stereocenters. The Labute approximate surface area is 193 Å². The molecule has 1 aliphatic rings. The van der Waals surface area contributed by atoms with Crippen LogP contribution in [0.1, 0.15) is 26.2 Å². The average Bonchev–Trinajstić information content (AvgIpc) is 3.00. The molecular weight excluding hydrogens is 464 g/mol. The van der Waals surface area contributed by atoms with Gasteiger partial charge < -0.3 is 10.4 Å². The normalized spacial score (nSPS) is 17.4. The van der Waals surface area contributed by atoms with Crippen molar-refractivity contribution in [3.05, 3.63) is 52.3 Å². The van der Waals surface area contributed by atoms with Crippen molar-refractivity contribution in [2.45, 2.75) is 31.4 Å². The standard InChI is InChI=1S/C21H20Cl2FN3O3S/c1-2-3-8-27-20(30)17(11-18(28)25-13-6-4-12(24)5-7-13)31-21(27)26-14-9-15(22)19(29)16(23)10-14/h4-7,9-10,17,29H,2-3,8,11H2,1H3,(H,25,28)/t17-/m1/s1. The number of aliphatic imine (C=N–C) groups is 1. The van der Waals surface area contributed by atoms with Gasteiger partial charge in [0, 0.05) is 18.7 Å². The number of hydrogen-bond donors (Lipinski definition) is 2. The van der Waals surface area contributed by atoms with Gasteiger partial charge in [0.25, 0.3) is 0 Å². The van der Waals surface area contributed by atoms with Gasteiger partial charge in [-0.3, -0.25) is 14.5 Å². The molecule has 2 aromatic carbocycles. The van der Waals surface area contributed by atoms with Crippen molar-refractivity contribution in [2.75, 3.05) is 11.9 Å². The summed E-state index contributed by atoms with van der Waals surface area (Å²) in [5.41, 5.74) is 0.841. The smallest absolute Gasteiger partial charge is 0.242 e. The zero-order chi connectivity index (χ0) is 22.5. The second-order valence-electron chi connectivity index (χ2n) is 6.86. The second-order valence-corrected chi connectivity index (χ2v) is 8.85. The molecule has 3 rings (SSSR count). The number of phenolic OH excluding ortho intramolecular Hbond substituents is 1. The van der Waals surface area contributed by atoms with Crippen molar-refractivity contribution < 1.29 is 19.1 Å². The number of aromatic hydroxyl groups is 1. The first-order chi connectivity index (χ1) is 14.8. The van der Waals surface area contributed by atoms with Crippen molar-refractivity contribution in [1.82, 2.24) is 4.90 Å². The van der Waals surface area contributed by atoms with Crippen LogP contribution >= 0.6 is 35.0 Å². The van der Waals surface area contributed by atoms with E-state index >= 15 is 0 Å². The highest BCUT2D eigenvalue weighted by Crippen LogP contribution is 2.38. The molecule has 31 heavy (non-hydrogen) atoms. The molecule has 0 unspecified atom stereocenters. The number of halogens is 3. The molecule has 0 spiro atoms. The number of nitrogens with zero attached hydrogens (tertiary/aromatic N) is 2. The fourth-order valence-electron chi connectivity index (χ4n) is 2.89. The minimum absolute atomic E-state index is 0.0523. The summed E-state index contributed by atoms with van der Waals surface area (Å²) in [5, 5.41) is 12.3. The van der Waals surface area contributed by atoms with Crippen LogP contribution in [0, 0.1) is 5.82 Å². The van der Waals surface area contributed by atoms with Crippen LogP contribution < -0.4 is 5.32 Å². The number of unbranched alkanes of at least 4 members (excludes halogenated alkanes) is 1. The second kappa shape index (κ2) is 10.3. The van der Waals surface area contributed by atoms with Crippen LogP contribution in [0.5, 0.6) is 5.75 Å². The van der Waals surface area contributed by atoms with Crippen LogP contribution in [0.15, 0.2) is 41.4 Å². The van der Waals surface area contributed by atoms with Crippen molar-refractivity contribution in [3.63, 3.8) is 0 Å². The summed E-state index contributed by atoms with van der Waals surface area (Å²) in [6.45, 7) is 2.48. The summed E-state index contributed by atoms with van der Waals surface area (Å²) in [4.78, 5) is 31.4. The molecule has 2 aromatic rings. The van der Waals surface area contributed by atoms with Gasteiger partial charge in [0.1, 0.15) is 11.1 Å². The highest BCUT2D eigenvalue weighted by Gasteiger charge is 2.38. The SMILES string of the molecule is CCCCN1C(=O)[C@@H](CC(=O)Nc2ccc(F)cc2)SC1=Nc1cc(Cl)c(O)c(Cl)c1. The Kier molecular flexibility index (Phi) is 7.80. The molecule has 1 saturated heterocycles. The number of benzene rings is 2. The molecule has 0 aliphatic carbocycles. The van der Waals surface area contributed by atoms with Gasteiger partial charge in [-0.15, -0.1) is 0 Å². The molecule has 6 nitrogen and oxygen atoms in total. The predicted molar refractivity (Wildman–Crippen MR) is 123 cm³/mol. The molecule has 1 heterocycles. The third-order valence-electron chi connectivity index (χ3n) is 4.48. The number of amidine groups is 1. The lowest BCUT2D eigenvalue weighted by Gasteiger charge is -2.16. The number of hydrogen-bond acceptors (Lipinski definition) is 5. The number of nitrogens with one attached hydrogen (secondary N) is 1. The Morgan fingerprint density at radius 2 is 1.90 bits per heavy atom. The minimum atomic E-state index is -0.640. The monoisotopic (exact) mass is 483 g/mol. The van der Waals surface area contributed by atoms with Gasteiger partial charge in [-0.25, -0.2) is 9.38 Å². The molecule has 1 aliphatic heterocycles. The van der Waals surface area contributed by atoms with E-state index in [0.717, 1.165) is 12.8 Å². The fourth-order valence-corrected chi connectivity index (χ4v) is 4.55. The maximum atomic E-state index is 13.0. The van der Waals surface area contributed by atoms with Crippen LogP contribution in [-0.4, -0.2) is 38.8 Å². The van der Waals surface area contributed by atoms with E-state index < -0.39 is 11.1 Å². The largest absolute Gasteiger partial charge is 0.505 e. The molecule has 10 heteroatoms. The number of carbonyl (C=O) groups excluding carboxylic acids is 2. The van der Waals surface area contributed by atoms with E-state index in [1.807, 2.05) is 6.92 Å². The van der Waals surface area contributed by atoms with E-state index in [-0.39, 0.29) is 34.0 Å². The Morgan fingerprint density at radius 1 is 1.26 bits per heavy atom. The van der Waals surface area contributed by atoms with E-state index in [1.165, 1.54) is 48.2 Å². The number of thioether (sulfide) groups is 1. The topological polar surface area (TPSA) is 82.0 Å². The molecule has 164 valence electrons. The third-order valence-corrected chi connectivity index (χ3v) is 6.23. The molecule has 0 bridgehead atoms. The molecular formula is C21H20Cl2FN3O3S. The first-order valence-electron chi connectivity index (χ1n) is 9.58. The molecule has 2 N–H and O–H groups in total. The summed E-state index contributed by atoms with van der Waals surface area (Å²) < 4.78 is 13.0. The van der Waals surface area contributed by atoms with Gasteiger partial charge in [0.05, 0.1) is 15.7 Å². The van der Waals surface area contributed by atoms with Gasteiger partial charge in [-0.05, 0) is 42.8 Å². The van der Waals surface area contributed by atoms with Crippen molar-refractivity contribution >= 4 is 63.3 Å². The maximum absolute atomic E-state index is 13.0. The summed E-state index contributed by atoms with van der Waals surface area (Å²) in [5.74, 6) is -1.20. The summed E-state index contributed by atoms with van der Waals surface area (Å²) >= 11 is 13.1. The number of carbonyl (C=O) groups is 2. The van der Waals surface area contributed by atoms with Gasteiger partial charge in [0.15, 0.2) is 10.9 Å². The number of anilines is 1. The lowest BCUT2D eigenvalue weighted by Crippen LogP contribution is -2.34. The Hall–Kier alpha value is -2.29. The Morgan fingerprint density at radius 3 is 2.52 bits per heavy atom. The molecule has 0 aromatic heterocycles. The Bertz CT molecular complexity index is 994. The van der Waals surface area contributed by atoms with Gasteiger partial charge in [0.2, 0.25) is 11.8 Å². The van der Waals surface area contributed by atoms with Crippen LogP contribution in [-0.2, 0) is 9.59 Å². The molecule has 0 saturated carbocycles. The van der Waals surface area contributed by atoms with Gasteiger partial charge >= 0.3 is 0 Å². The molecule has 0 radical (unpaired) electrons. The quantitative estimate of drug-likeness (QED) is 0.536. The van der Waals surface area contributed by atoms with Gasteiger partial charge in [-0.1, -0.05) is 48.3 Å². The zero-order valence-corrected chi connectivity index (χ0v) is 18.9. The number of amides is 2. The first-order valence-corrected chi connectivity index (χ1v) is 11.2. The van der Waals surface area contributed by atoms with Crippen molar-refractivity contribution in [2.24, 2.45) is 4.99 Å². The van der Waals surface area contributed by atoms with E-state index in [1.54, 1.807) is 4.90 Å². The van der Waals surface area contributed by atoms with Crippen LogP contribution in [0.3, 0.4) is 0 Å². The fraction of sp³-hybridized carbons (Fsp3) is 0.286. The van der Waals surface area contributed by atoms with E-state index in [2.05, 4.69) is 10.3 Å². The highest BCUT2D eigenvalue weighted by molar-refractivity contribution is 8.15. The van der Waals surface area contributed by atoms with Crippen LogP contribution in [0.25, 0.3) is 0 Å². The summed E-state index contributed by atoms with van der Waals surface area (Å²) in [6, 6.07) is 8.30. The van der Waals surface area contributed by atoms with E-state index in [9.17, 15) is 19.1 Å². The Balaban J connectivity index is 1.77. The van der Waals surface area contributed by atoms with Crippen molar-refractivity contribution in [1.29, 1.82) is 0 Å². The maximum Gasteiger partial charge on any atom is 0.242 e. The predicted octanol–water partition coefficient (Wildman–Crippen LogP) is 5.60. The highest BCUT2D eigenvalue weighted by atomic mass is 35.5. The molecule has 1 fully saturated rings. The average molecular weight is 484 g/mol. The molecule has 2 amide bonds. The number of phenols is 1. The number of rotatable bonds is 7. The third kappa shape index (κ3) is 5.90. The van der Waals surface area contributed by atoms with Crippen LogP contribution in [0.4, 0.5) is 15.8 Å². The summed E-state index contributed by atoms with van der Waals surface area (Å²) in [7, 11) is 0.